The predicted octanol–water partition coefficient (Wildman–Crippen LogP) is 4.06. The number of halogens is 2. The fourth-order valence-corrected chi connectivity index (χ4v) is 2.37. The van der Waals surface area contributed by atoms with Gasteiger partial charge in [0.2, 0.25) is 0 Å². The van der Waals surface area contributed by atoms with Crippen molar-refractivity contribution in [3.05, 3.63) is 65.1 Å². The average molecular weight is 275 g/mol. The van der Waals surface area contributed by atoms with E-state index in [9.17, 15) is 4.39 Å². The summed E-state index contributed by atoms with van der Waals surface area (Å²) in [6.45, 7) is 0.561. The first kappa shape index (κ1) is 12.1. The smallest absolute Gasteiger partial charge is 0.142 e. The summed E-state index contributed by atoms with van der Waals surface area (Å²) >= 11 is 5.68. The van der Waals surface area contributed by atoms with Gasteiger partial charge in [-0.15, -0.1) is 0 Å². The average Bonchev–Trinajstić information content (AvgIpc) is 2.79. The second kappa shape index (κ2) is 4.59. The van der Waals surface area contributed by atoms with E-state index in [0.29, 0.717) is 6.54 Å². The zero-order valence-electron chi connectivity index (χ0n) is 10.1. The lowest BCUT2D eigenvalue weighted by atomic mass is 10.2. The number of hydrogen-bond acceptors (Lipinski definition) is 1. The van der Waals surface area contributed by atoms with Crippen LogP contribution in [-0.4, -0.2) is 4.57 Å². The van der Waals surface area contributed by atoms with Gasteiger partial charge < -0.3 is 10.3 Å². The number of aromatic nitrogens is 1. The van der Waals surface area contributed by atoms with Crippen LogP contribution in [0, 0.1) is 5.82 Å². The second-order valence-corrected chi connectivity index (χ2v) is 4.88. The maximum Gasteiger partial charge on any atom is 0.142 e. The van der Waals surface area contributed by atoms with E-state index in [-0.39, 0.29) is 5.02 Å². The number of fused-ring (bicyclic) bond motifs is 1. The molecule has 1 heterocycles. The lowest BCUT2D eigenvalue weighted by Crippen LogP contribution is -2.00. The Kier molecular flexibility index (Phi) is 2.91. The molecule has 0 radical (unpaired) electrons. The molecule has 0 fully saturated rings. The summed E-state index contributed by atoms with van der Waals surface area (Å²) in [5, 5.41) is 1.22. The fraction of sp³-hybridized carbons (Fsp3) is 0.0667. The summed E-state index contributed by atoms with van der Waals surface area (Å²) in [5.41, 5.74) is 8.53. The molecule has 0 atom stereocenters. The van der Waals surface area contributed by atoms with Gasteiger partial charge in [0, 0.05) is 18.1 Å². The summed E-state index contributed by atoms with van der Waals surface area (Å²) in [5.74, 6) is -0.399. The Morgan fingerprint density at radius 2 is 2.00 bits per heavy atom. The minimum absolute atomic E-state index is 0.139. The highest BCUT2D eigenvalue weighted by Crippen LogP contribution is 2.24. The highest BCUT2D eigenvalue weighted by atomic mass is 35.5. The first-order chi connectivity index (χ1) is 9.15. The maximum absolute atomic E-state index is 13.4. The molecular weight excluding hydrogens is 263 g/mol. The number of nitrogens with two attached hydrogens (primary N) is 1. The number of rotatable bonds is 2. The summed E-state index contributed by atoms with van der Waals surface area (Å²) < 4.78 is 15.4. The second-order valence-electron chi connectivity index (χ2n) is 4.48. The van der Waals surface area contributed by atoms with E-state index in [2.05, 4.69) is 0 Å². The topological polar surface area (TPSA) is 30.9 Å². The van der Waals surface area contributed by atoms with Crippen LogP contribution < -0.4 is 5.73 Å². The van der Waals surface area contributed by atoms with Gasteiger partial charge in [-0.3, -0.25) is 0 Å². The molecule has 0 saturated heterocycles. The van der Waals surface area contributed by atoms with E-state index in [1.807, 2.05) is 41.1 Å². The van der Waals surface area contributed by atoms with Crippen LogP contribution in [0.4, 0.5) is 10.1 Å². The van der Waals surface area contributed by atoms with Crippen LogP contribution in [0.25, 0.3) is 10.9 Å². The predicted molar refractivity (Wildman–Crippen MR) is 76.9 cm³/mol. The Bertz CT molecular complexity index is 749. The van der Waals surface area contributed by atoms with Crippen molar-refractivity contribution in [3.8, 4) is 0 Å². The Morgan fingerprint density at radius 1 is 1.16 bits per heavy atom. The number of nitrogens with zero attached hydrogens (tertiary/aromatic N) is 1. The van der Waals surface area contributed by atoms with Crippen molar-refractivity contribution in [2.24, 2.45) is 0 Å². The SMILES string of the molecule is Nc1cccc2ccn(Cc3ccc(Cl)c(F)c3)c12. The van der Waals surface area contributed by atoms with Gasteiger partial charge in [-0.1, -0.05) is 29.8 Å². The lowest BCUT2D eigenvalue weighted by Gasteiger charge is -2.08. The third-order valence-corrected chi connectivity index (χ3v) is 3.46. The molecule has 2 nitrogen and oxygen atoms in total. The van der Waals surface area contributed by atoms with Crippen molar-refractivity contribution in [1.82, 2.24) is 4.57 Å². The first-order valence-corrected chi connectivity index (χ1v) is 6.30. The summed E-state index contributed by atoms with van der Waals surface area (Å²) in [7, 11) is 0. The number of hydrogen-bond donors (Lipinski definition) is 1. The standard InChI is InChI=1S/C15H12ClFN2/c16-12-5-4-10(8-13(12)17)9-19-7-6-11-2-1-3-14(18)15(11)19/h1-8H,9,18H2. The van der Waals surface area contributed by atoms with E-state index >= 15 is 0 Å². The van der Waals surface area contributed by atoms with Gasteiger partial charge in [0.05, 0.1) is 16.2 Å². The summed E-state index contributed by atoms with van der Waals surface area (Å²) in [6, 6.07) is 12.6. The van der Waals surface area contributed by atoms with Crippen LogP contribution in [0.5, 0.6) is 0 Å². The van der Waals surface area contributed by atoms with Crippen LogP contribution in [-0.2, 0) is 6.54 Å². The van der Waals surface area contributed by atoms with Gasteiger partial charge in [-0.2, -0.15) is 0 Å². The maximum atomic E-state index is 13.4. The van der Waals surface area contributed by atoms with E-state index in [1.165, 1.54) is 6.07 Å². The van der Waals surface area contributed by atoms with Gasteiger partial charge in [0.1, 0.15) is 5.82 Å². The largest absolute Gasteiger partial charge is 0.397 e. The third-order valence-electron chi connectivity index (χ3n) is 3.16. The molecule has 0 spiro atoms. The van der Waals surface area contributed by atoms with Crippen molar-refractivity contribution >= 4 is 28.2 Å². The highest BCUT2D eigenvalue weighted by Gasteiger charge is 2.06. The highest BCUT2D eigenvalue weighted by molar-refractivity contribution is 6.30. The lowest BCUT2D eigenvalue weighted by molar-refractivity contribution is 0.624. The van der Waals surface area contributed by atoms with Gasteiger partial charge in [-0.25, -0.2) is 4.39 Å². The number of benzene rings is 2. The molecule has 0 aliphatic heterocycles. The third kappa shape index (κ3) is 2.17. The zero-order valence-corrected chi connectivity index (χ0v) is 10.9. The molecule has 2 aromatic carbocycles. The molecule has 1 aromatic heterocycles. The van der Waals surface area contributed by atoms with Gasteiger partial charge in [0.25, 0.3) is 0 Å². The van der Waals surface area contributed by atoms with Gasteiger partial charge >= 0.3 is 0 Å². The zero-order chi connectivity index (χ0) is 13.4. The van der Waals surface area contributed by atoms with Crippen LogP contribution in [0.3, 0.4) is 0 Å². The Hall–Kier alpha value is -2.00. The summed E-state index contributed by atoms with van der Waals surface area (Å²) in [6.07, 6.45) is 1.95. The Balaban J connectivity index is 2.03. The molecule has 96 valence electrons. The molecule has 3 rings (SSSR count). The van der Waals surface area contributed by atoms with Crippen molar-refractivity contribution in [1.29, 1.82) is 0 Å². The monoisotopic (exact) mass is 274 g/mol. The van der Waals surface area contributed by atoms with Crippen molar-refractivity contribution in [2.75, 3.05) is 5.73 Å². The number of nitrogen functional groups attached to an aromatic ring is 1. The van der Waals surface area contributed by atoms with Crippen LogP contribution in [0.1, 0.15) is 5.56 Å². The molecule has 3 aromatic rings. The molecule has 0 unspecified atom stereocenters. The molecule has 0 saturated carbocycles. The Labute approximate surface area is 115 Å². The van der Waals surface area contributed by atoms with Crippen molar-refractivity contribution in [3.63, 3.8) is 0 Å². The summed E-state index contributed by atoms with van der Waals surface area (Å²) in [4.78, 5) is 0. The van der Waals surface area contributed by atoms with E-state index in [1.54, 1.807) is 6.07 Å². The molecule has 0 aliphatic carbocycles. The quantitative estimate of drug-likeness (QED) is 0.702. The molecule has 2 N–H and O–H groups in total. The number of para-hydroxylation sites is 1. The molecular formula is C15H12ClFN2. The van der Waals surface area contributed by atoms with Crippen molar-refractivity contribution in [2.45, 2.75) is 6.54 Å². The van der Waals surface area contributed by atoms with Crippen molar-refractivity contribution < 1.29 is 4.39 Å². The number of anilines is 1. The minimum atomic E-state index is -0.399. The van der Waals surface area contributed by atoms with Gasteiger partial charge in [0.15, 0.2) is 0 Å². The van der Waals surface area contributed by atoms with E-state index < -0.39 is 5.82 Å². The molecule has 0 amide bonds. The first-order valence-electron chi connectivity index (χ1n) is 5.92. The van der Waals surface area contributed by atoms with Crippen LogP contribution in [0.15, 0.2) is 48.7 Å². The van der Waals surface area contributed by atoms with Crippen LogP contribution >= 0.6 is 11.6 Å². The minimum Gasteiger partial charge on any atom is -0.397 e. The molecule has 0 aliphatic rings. The molecule has 4 heteroatoms. The van der Waals surface area contributed by atoms with E-state index in [0.717, 1.165) is 22.2 Å². The molecule has 19 heavy (non-hydrogen) atoms. The van der Waals surface area contributed by atoms with Crippen LogP contribution in [0.2, 0.25) is 5.02 Å². The molecule has 0 bridgehead atoms. The van der Waals surface area contributed by atoms with Gasteiger partial charge in [-0.05, 0) is 29.8 Å². The fourth-order valence-electron chi connectivity index (χ4n) is 2.26. The Morgan fingerprint density at radius 3 is 2.79 bits per heavy atom. The normalized spacial score (nSPS) is 11.1. The van der Waals surface area contributed by atoms with E-state index in [4.69, 9.17) is 17.3 Å².